The Labute approximate surface area is 143 Å². The molecule has 1 aliphatic rings. The van der Waals surface area contributed by atoms with Gasteiger partial charge >= 0.3 is 6.09 Å². The summed E-state index contributed by atoms with van der Waals surface area (Å²) in [5.41, 5.74) is -0.0964. The Bertz CT molecular complexity index is 571. The molecule has 0 aromatic carbocycles. The van der Waals surface area contributed by atoms with Crippen LogP contribution in [-0.4, -0.2) is 70.5 Å². The minimum atomic E-state index is -0.477. The number of ketones is 1. The Morgan fingerprint density at radius 2 is 2.12 bits per heavy atom. The van der Waals surface area contributed by atoms with Crippen LogP contribution >= 0.6 is 0 Å². The van der Waals surface area contributed by atoms with Gasteiger partial charge in [0.2, 0.25) is 0 Å². The second-order valence-corrected chi connectivity index (χ2v) is 7.29. The van der Waals surface area contributed by atoms with Gasteiger partial charge in [-0.15, -0.1) is 0 Å². The average molecular weight is 334 g/mol. The van der Waals surface area contributed by atoms with Crippen molar-refractivity contribution in [3.05, 3.63) is 24.3 Å². The maximum absolute atomic E-state index is 12.1. The first-order chi connectivity index (χ1) is 11.2. The zero-order valence-electron chi connectivity index (χ0n) is 14.9. The molecule has 1 atom stereocenters. The van der Waals surface area contributed by atoms with Crippen LogP contribution in [0.15, 0.2) is 18.6 Å². The van der Waals surface area contributed by atoms with Gasteiger partial charge in [-0.1, -0.05) is 0 Å². The molecule has 0 bridgehead atoms. The van der Waals surface area contributed by atoms with Crippen molar-refractivity contribution in [2.24, 2.45) is 5.92 Å². The number of likely N-dealkylation sites (N-methyl/N-ethyl adjacent to an activating group) is 1. The molecule has 0 spiro atoms. The Kier molecular flexibility index (Phi) is 5.88. The van der Waals surface area contributed by atoms with Crippen LogP contribution in [0.5, 0.6) is 0 Å². The zero-order chi connectivity index (χ0) is 17.7. The molecule has 1 aromatic rings. The maximum atomic E-state index is 12.1. The molecule has 1 amide bonds. The van der Waals surface area contributed by atoms with Crippen molar-refractivity contribution < 1.29 is 14.3 Å². The number of ether oxygens (including phenoxy) is 1. The largest absolute Gasteiger partial charge is 0.444 e. The molecule has 0 N–H and O–H groups in total. The third-order valence-electron chi connectivity index (χ3n) is 3.77. The van der Waals surface area contributed by atoms with Crippen LogP contribution in [0, 0.1) is 5.92 Å². The summed E-state index contributed by atoms with van der Waals surface area (Å²) in [6, 6.07) is 0. The quantitative estimate of drug-likeness (QED) is 0.765. The van der Waals surface area contributed by atoms with E-state index in [1.165, 1.54) is 12.4 Å². The van der Waals surface area contributed by atoms with Crippen molar-refractivity contribution in [2.75, 3.05) is 33.2 Å². The third kappa shape index (κ3) is 5.56. The predicted octanol–water partition coefficient (Wildman–Crippen LogP) is 1.85. The van der Waals surface area contributed by atoms with Crippen LogP contribution in [0.2, 0.25) is 0 Å². The molecule has 1 aromatic heterocycles. The lowest BCUT2D eigenvalue weighted by Crippen LogP contribution is -2.37. The highest BCUT2D eigenvalue weighted by Gasteiger charge is 2.30. The van der Waals surface area contributed by atoms with E-state index in [9.17, 15) is 9.59 Å². The van der Waals surface area contributed by atoms with Crippen LogP contribution in [0.3, 0.4) is 0 Å². The first-order valence-electron chi connectivity index (χ1n) is 8.20. The Morgan fingerprint density at radius 1 is 1.38 bits per heavy atom. The summed E-state index contributed by atoms with van der Waals surface area (Å²) in [7, 11) is 1.91. The summed E-state index contributed by atoms with van der Waals surface area (Å²) < 4.78 is 5.40. The number of hydrogen-bond donors (Lipinski definition) is 0. The minimum absolute atomic E-state index is 0.0485. The molecule has 1 fully saturated rings. The highest BCUT2D eigenvalue weighted by Crippen LogP contribution is 2.20. The third-order valence-corrected chi connectivity index (χ3v) is 3.77. The molecular weight excluding hydrogens is 308 g/mol. The summed E-state index contributed by atoms with van der Waals surface area (Å²) >= 11 is 0. The van der Waals surface area contributed by atoms with E-state index in [2.05, 4.69) is 9.97 Å². The van der Waals surface area contributed by atoms with Crippen LogP contribution < -0.4 is 0 Å². The molecule has 1 saturated heterocycles. The highest BCUT2D eigenvalue weighted by molar-refractivity contribution is 5.95. The van der Waals surface area contributed by atoms with E-state index >= 15 is 0 Å². The molecule has 0 saturated carbocycles. The number of nitrogens with zero attached hydrogens (tertiary/aromatic N) is 4. The zero-order valence-corrected chi connectivity index (χ0v) is 14.9. The van der Waals surface area contributed by atoms with Gasteiger partial charge in [0.15, 0.2) is 5.78 Å². The van der Waals surface area contributed by atoms with E-state index < -0.39 is 5.60 Å². The molecule has 24 heavy (non-hydrogen) atoms. The van der Waals surface area contributed by atoms with Gasteiger partial charge in [0.25, 0.3) is 0 Å². The van der Waals surface area contributed by atoms with Crippen LogP contribution in [0.25, 0.3) is 0 Å². The van der Waals surface area contributed by atoms with Crippen LogP contribution in [-0.2, 0) is 4.74 Å². The lowest BCUT2D eigenvalue weighted by molar-refractivity contribution is 0.0285. The summed E-state index contributed by atoms with van der Waals surface area (Å²) in [4.78, 5) is 35.9. The number of amides is 1. The number of Topliss-reactive ketones (excluding diaryl/α,β-unsaturated/α-hetero) is 1. The Morgan fingerprint density at radius 3 is 2.75 bits per heavy atom. The Balaban J connectivity index is 1.78. The van der Waals surface area contributed by atoms with E-state index in [-0.39, 0.29) is 11.9 Å². The summed E-state index contributed by atoms with van der Waals surface area (Å²) in [6.45, 7) is 8.01. The fraction of sp³-hybridized carbons (Fsp3) is 0.647. The number of likely N-dealkylation sites (tertiary alicyclic amines) is 1. The predicted molar refractivity (Wildman–Crippen MR) is 89.8 cm³/mol. The van der Waals surface area contributed by atoms with E-state index in [4.69, 9.17) is 4.74 Å². The number of aromatic nitrogens is 2. The van der Waals surface area contributed by atoms with Gasteiger partial charge in [0, 0.05) is 32.0 Å². The smallest absolute Gasteiger partial charge is 0.410 e. The van der Waals surface area contributed by atoms with Gasteiger partial charge in [0.05, 0.1) is 12.7 Å². The number of carbonyl (C=O) groups is 2. The van der Waals surface area contributed by atoms with Gasteiger partial charge in [-0.3, -0.25) is 14.7 Å². The monoisotopic (exact) mass is 334 g/mol. The SMILES string of the molecule is CN(CC(=O)c1cnccn1)C[C@@H]1CCN(C(=O)OC(C)(C)C)C1. The van der Waals surface area contributed by atoms with Crippen LogP contribution in [0.4, 0.5) is 4.79 Å². The van der Waals surface area contributed by atoms with Crippen molar-refractivity contribution in [3.8, 4) is 0 Å². The van der Waals surface area contributed by atoms with E-state index in [1.54, 1.807) is 11.1 Å². The minimum Gasteiger partial charge on any atom is -0.444 e. The first-order valence-corrected chi connectivity index (χ1v) is 8.20. The molecular formula is C17H26N4O3. The van der Waals surface area contributed by atoms with Gasteiger partial charge < -0.3 is 9.64 Å². The molecule has 0 radical (unpaired) electrons. The Hall–Kier alpha value is -2.02. The fourth-order valence-corrected chi connectivity index (χ4v) is 2.75. The average Bonchev–Trinajstić information content (AvgIpc) is 2.95. The molecule has 7 nitrogen and oxygen atoms in total. The number of rotatable bonds is 5. The van der Waals surface area contributed by atoms with Crippen molar-refractivity contribution >= 4 is 11.9 Å². The van der Waals surface area contributed by atoms with Crippen molar-refractivity contribution in [1.29, 1.82) is 0 Å². The van der Waals surface area contributed by atoms with E-state index in [1.807, 2.05) is 32.7 Å². The number of carbonyl (C=O) groups excluding carboxylic acids is 2. The van der Waals surface area contributed by atoms with Crippen molar-refractivity contribution in [1.82, 2.24) is 19.8 Å². The van der Waals surface area contributed by atoms with Crippen molar-refractivity contribution in [3.63, 3.8) is 0 Å². The molecule has 0 aliphatic carbocycles. The lowest BCUT2D eigenvalue weighted by Gasteiger charge is -2.25. The normalized spacial score (nSPS) is 18.0. The second-order valence-electron chi connectivity index (χ2n) is 7.29. The molecule has 7 heteroatoms. The standard InChI is InChI=1S/C17H26N4O3/c1-17(2,3)24-16(23)21-8-5-13(11-21)10-20(4)12-15(22)14-9-18-6-7-19-14/h6-7,9,13H,5,8,10-12H2,1-4H3/t13-/m0/s1. The summed E-state index contributed by atoms with van der Waals surface area (Å²) in [5.74, 6) is 0.296. The van der Waals surface area contributed by atoms with Gasteiger partial charge in [-0.25, -0.2) is 9.78 Å². The highest BCUT2D eigenvalue weighted by atomic mass is 16.6. The van der Waals surface area contributed by atoms with Crippen LogP contribution in [0.1, 0.15) is 37.7 Å². The summed E-state index contributed by atoms with van der Waals surface area (Å²) in [5, 5.41) is 0. The molecule has 1 aliphatic heterocycles. The second kappa shape index (κ2) is 7.70. The van der Waals surface area contributed by atoms with Gasteiger partial charge in [-0.05, 0) is 40.2 Å². The van der Waals surface area contributed by atoms with E-state index in [0.29, 0.717) is 31.2 Å². The van der Waals surface area contributed by atoms with Gasteiger partial charge in [-0.2, -0.15) is 0 Å². The molecule has 0 unspecified atom stereocenters. The van der Waals surface area contributed by atoms with Gasteiger partial charge in [0.1, 0.15) is 11.3 Å². The lowest BCUT2D eigenvalue weighted by atomic mass is 10.1. The topological polar surface area (TPSA) is 75.6 Å². The van der Waals surface area contributed by atoms with Crippen molar-refractivity contribution in [2.45, 2.75) is 32.8 Å². The van der Waals surface area contributed by atoms with E-state index in [0.717, 1.165) is 13.0 Å². The fourth-order valence-electron chi connectivity index (χ4n) is 2.75. The summed E-state index contributed by atoms with van der Waals surface area (Å²) in [6.07, 6.45) is 5.20. The maximum Gasteiger partial charge on any atom is 0.410 e. The number of hydrogen-bond acceptors (Lipinski definition) is 6. The molecule has 2 rings (SSSR count). The molecule has 132 valence electrons. The first kappa shape index (κ1) is 18.3. The molecule has 2 heterocycles.